The molecule has 0 aromatic heterocycles. The molecule has 0 radical (unpaired) electrons. The fourth-order valence-corrected chi connectivity index (χ4v) is 9.43. The number of likely N-dealkylation sites (tertiary alicyclic amines) is 1. The summed E-state index contributed by atoms with van der Waals surface area (Å²) in [5.41, 5.74) is 0.740. The first kappa shape index (κ1) is 48.8. The number of benzene rings is 1. The van der Waals surface area contributed by atoms with E-state index >= 15 is 0 Å². The Bertz CT molecular complexity index is 1640. The van der Waals surface area contributed by atoms with Crippen molar-refractivity contribution in [1.82, 2.24) is 30.5 Å². The highest BCUT2D eigenvalue weighted by molar-refractivity contribution is 7.90. The van der Waals surface area contributed by atoms with Crippen molar-refractivity contribution in [1.29, 1.82) is 0 Å². The van der Waals surface area contributed by atoms with Crippen LogP contribution in [0, 0.1) is 23.7 Å². The molecule has 1 unspecified atom stereocenters. The van der Waals surface area contributed by atoms with Gasteiger partial charge in [-0.05, 0) is 56.0 Å². The Kier molecular flexibility index (Phi) is 18.6. The van der Waals surface area contributed by atoms with Crippen LogP contribution in [-0.2, 0) is 49.9 Å². The summed E-state index contributed by atoms with van der Waals surface area (Å²) in [6, 6.07) is 5.59. The van der Waals surface area contributed by atoms with Gasteiger partial charge >= 0.3 is 0 Å². The fraction of sp³-hybridized carbons (Fsp3) is 0.738. The molecule has 1 aromatic carbocycles. The lowest BCUT2D eigenvalue weighted by atomic mass is 9.89. The van der Waals surface area contributed by atoms with Gasteiger partial charge in [0.2, 0.25) is 33.7 Å². The molecule has 0 spiro atoms. The van der Waals surface area contributed by atoms with Crippen molar-refractivity contribution < 1.29 is 41.9 Å². The van der Waals surface area contributed by atoms with Crippen molar-refractivity contribution in [2.45, 2.75) is 141 Å². The van der Waals surface area contributed by atoms with Gasteiger partial charge in [0.15, 0.2) is 0 Å². The number of rotatable bonds is 23. The van der Waals surface area contributed by atoms with Crippen molar-refractivity contribution in [3.63, 3.8) is 0 Å². The first-order valence-corrected chi connectivity index (χ1v) is 22.4. The third-order valence-corrected chi connectivity index (χ3v) is 13.7. The number of nitrogens with zero attached hydrogens (tertiary/aromatic N) is 2. The number of amides is 5. The van der Waals surface area contributed by atoms with Crippen LogP contribution in [0.25, 0.3) is 0 Å². The summed E-state index contributed by atoms with van der Waals surface area (Å²) in [6.45, 7) is 13.8. The fourth-order valence-electron chi connectivity index (χ4n) is 8.08. The third-order valence-electron chi connectivity index (χ3n) is 11.9. The lowest BCUT2D eigenvalue weighted by Crippen LogP contribution is -2.59. The SMILES string of the molecule is CC[C@H](C)C([C@@H](CC(=O)N1CCC[C@H]1[C@H](OC)[C@@H](C)C(=O)N[C@@H](Cc1ccccc1)C(=O)NS(=O)(=O)C1CC1)OC)N(C)C(=O)[C@@H](NC(=O)[C@@H](NC)C(C)C)C(C)C. The quantitative estimate of drug-likeness (QED) is 0.128. The molecule has 58 heavy (non-hydrogen) atoms. The zero-order valence-electron chi connectivity index (χ0n) is 36.4. The molecule has 1 aliphatic heterocycles. The lowest BCUT2D eigenvalue weighted by Gasteiger charge is -2.41. The van der Waals surface area contributed by atoms with Gasteiger partial charge in [-0.15, -0.1) is 0 Å². The zero-order chi connectivity index (χ0) is 43.5. The predicted octanol–water partition coefficient (Wildman–Crippen LogP) is 2.63. The Balaban J connectivity index is 1.80. The molecule has 1 heterocycles. The molecule has 4 N–H and O–H groups in total. The molecule has 2 aliphatic rings. The van der Waals surface area contributed by atoms with Gasteiger partial charge in [0.25, 0.3) is 5.91 Å². The van der Waals surface area contributed by atoms with Gasteiger partial charge in [-0.2, -0.15) is 0 Å². The van der Waals surface area contributed by atoms with Crippen molar-refractivity contribution in [3.05, 3.63) is 35.9 Å². The van der Waals surface area contributed by atoms with E-state index in [0.717, 1.165) is 5.56 Å². The first-order valence-electron chi connectivity index (χ1n) is 20.8. The number of likely N-dealkylation sites (N-methyl/N-ethyl adjacent to an activating group) is 2. The summed E-state index contributed by atoms with van der Waals surface area (Å²) in [6.07, 6.45) is 1.50. The molecule has 5 amide bonds. The van der Waals surface area contributed by atoms with Gasteiger partial charge in [-0.1, -0.05) is 85.2 Å². The maximum atomic E-state index is 14.3. The number of carbonyl (C=O) groups is 5. The van der Waals surface area contributed by atoms with Crippen molar-refractivity contribution >= 4 is 39.6 Å². The van der Waals surface area contributed by atoms with Crippen LogP contribution in [0.3, 0.4) is 0 Å². The highest BCUT2D eigenvalue weighted by Gasteiger charge is 2.44. The smallest absolute Gasteiger partial charge is 0.256 e. The summed E-state index contributed by atoms with van der Waals surface area (Å²) < 4.78 is 39.5. The Morgan fingerprint density at radius 1 is 0.862 bits per heavy atom. The van der Waals surface area contributed by atoms with E-state index in [1.165, 1.54) is 14.2 Å². The van der Waals surface area contributed by atoms with Gasteiger partial charge in [-0.25, -0.2) is 8.42 Å². The topological polar surface area (TPSA) is 193 Å². The number of nitrogens with one attached hydrogen (secondary N) is 4. The van der Waals surface area contributed by atoms with Crippen molar-refractivity contribution in [2.75, 3.05) is 34.9 Å². The molecule has 16 heteroatoms. The summed E-state index contributed by atoms with van der Waals surface area (Å²) in [5.74, 6) is -3.18. The van der Waals surface area contributed by atoms with Crippen LogP contribution < -0.4 is 20.7 Å². The highest BCUT2D eigenvalue weighted by atomic mass is 32.2. The molecule has 15 nitrogen and oxygen atoms in total. The average molecular weight is 835 g/mol. The van der Waals surface area contributed by atoms with E-state index in [2.05, 4.69) is 20.7 Å². The van der Waals surface area contributed by atoms with Crippen LogP contribution >= 0.6 is 0 Å². The molecular formula is C42H70N6O9S. The van der Waals surface area contributed by atoms with Crippen LogP contribution in [0.2, 0.25) is 0 Å². The number of methoxy groups -OCH3 is 2. The number of ether oxygens (including phenoxy) is 2. The molecule has 328 valence electrons. The van der Waals surface area contributed by atoms with E-state index in [-0.39, 0.29) is 48.3 Å². The molecule has 0 bridgehead atoms. The summed E-state index contributed by atoms with van der Waals surface area (Å²) in [7, 11) is 2.56. The second-order valence-corrected chi connectivity index (χ2v) is 18.8. The first-order chi connectivity index (χ1) is 27.3. The molecule has 1 aliphatic carbocycles. The summed E-state index contributed by atoms with van der Waals surface area (Å²) in [5, 5.41) is 8.18. The standard InChI is InChI=1S/C42H70N6O9S/c1-12-27(6)37(47(9)42(53)36(26(4)5)45-41(52)35(43-8)25(2)3)33(56-10)24-34(49)48-22-16-19-32(48)38(57-11)28(7)39(50)44-31(23-29-17-14-13-15-18-29)40(51)46-58(54,55)30-20-21-30/h13-15,17-18,25-28,30-33,35-38,43H,12,16,19-24H2,1-11H3,(H,44,50)(H,45,52)(H,46,51)/t27-,28+,31-,32-,33+,35-,36-,37?,38+/m0/s1. The minimum Gasteiger partial charge on any atom is -0.379 e. The van der Waals surface area contributed by atoms with Gasteiger partial charge in [-0.3, -0.25) is 28.7 Å². The van der Waals surface area contributed by atoms with Gasteiger partial charge in [0.05, 0.1) is 47.9 Å². The van der Waals surface area contributed by atoms with Crippen LogP contribution in [0.1, 0.15) is 92.6 Å². The molecule has 9 atom stereocenters. The van der Waals surface area contributed by atoms with E-state index in [1.807, 2.05) is 47.6 Å². The van der Waals surface area contributed by atoms with E-state index < -0.39 is 75.4 Å². The van der Waals surface area contributed by atoms with E-state index in [0.29, 0.717) is 38.6 Å². The summed E-state index contributed by atoms with van der Waals surface area (Å²) >= 11 is 0. The minimum atomic E-state index is -3.86. The molecule has 1 saturated carbocycles. The number of carbonyl (C=O) groups excluding carboxylic acids is 5. The Morgan fingerprint density at radius 2 is 1.48 bits per heavy atom. The Morgan fingerprint density at radius 3 is 2.00 bits per heavy atom. The maximum absolute atomic E-state index is 14.3. The maximum Gasteiger partial charge on any atom is 0.256 e. The van der Waals surface area contributed by atoms with Crippen LogP contribution in [-0.4, -0.2) is 130 Å². The Hall–Kier alpha value is -3.60. The van der Waals surface area contributed by atoms with Crippen LogP contribution in [0.15, 0.2) is 30.3 Å². The normalized spacial score (nSPS) is 20.0. The zero-order valence-corrected chi connectivity index (χ0v) is 37.3. The van der Waals surface area contributed by atoms with Crippen molar-refractivity contribution in [3.8, 4) is 0 Å². The Labute approximate surface area is 346 Å². The van der Waals surface area contributed by atoms with E-state index in [4.69, 9.17) is 9.47 Å². The number of sulfonamides is 1. The third kappa shape index (κ3) is 12.7. The second kappa shape index (κ2) is 22.1. The second-order valence-electron chi connectivity index (χ2n) is 16.8. The minimum absolute atomic E-state index is 0.00711. The largest absolute Gasteiger partial charge is 0.379 e. The molecule has 1 aromatic rings. The molecular weight excluding hydrogens is 765 g/mol. The van der Waals surface area contributed by atoms with Crippen LogP contribution in [0.5, 0.6) is 0 Å². The van der Waals surface area contributed by atoms with Crippen LogP contribution in [0.4, 0.5) is 0 Å². The highest BCUT2D eigenvalue weighted by Crippen LogP contribution is 2.30. The monoisotopic (exact) mass is 834 g/mol. The van der Waals surface area contributed by atoms with Gasteiger partial charge < -0.3 is 35.2 Å². The predicted molar refractivity (Wildman–Crippen MR) is 223 cm³/mol. The van der Waals surface area contributed by atoms with E-state index in [9.17, 15) is 32.4 Å². The molecule has 1 saturated heterocycles. The average Bonchev–Trinajstić information content (AvgIpc) is 3.95. The van der Waals surface area contributed by atoms with Crippen molar-refractivity contribution in [2.24, 2.45) is 23.7 Å². The van der Waals surface area contributed by atoms with Gasteiger partial charge in [0.1, 0.15) is 12.1 Å². The molecule has 3 rings (SSSR count). The number of hydrogen-bond donors (Lipinski definition) is 4. The van der Waals surface area contributed by atoms with E-state index in [1.54, 1.807) is 55.1 Å². The van der Waals surface area contributed by atoms with Gasteiger partial charge in [0, 0.05) is 34.2 Å². The number of hydrogen-bond acceptors (Lipinski definition) is 10. The lowest BCUT2D eigenvalue weighted by molar-refractivity contribution is -0.148. The molecule has 2 fully saturated rings. The summed E-state index contributed by atoms with van der Waals surface area (Å²) in [4.78, 5) is 72.3.